The third-order valence-electron chi connectivity index (χ3n) is 6.77. The van der Waals surface area contributed by atoms with Crippen molar-refractivity contribution < 1.29 is 18.7 Å². The van der Waals surface area contributed by atoms with Crippen molar-refractivity contribution in [1.82, 2.24) is 10.6 Å². The molecule has 3 unspecified atom stereocenters. The zero-order valence-corrected chi connectivity index (χ0v) is 20.5. The number of carbonyl (C=O) groups is 2. The average molecular weight is 518 g/mol. The van der Waals surface area contributed by atoms with Crippen LogP contribution in [0.3, 0.4) is 0 Å². The lowest BCUT2D eigenvalue weighted by Crippen LogP contribution is -2.44. The molecular formula is C27H24FN5O3S. The molecule has 8 nitrogen and oxygen atoms in total. The third kappa shape index (κ3) is 4.72. The van der Waals surface area contributed by atoms with Gasteiger partial charge in [-0.3, -0.25) is 14.6 Å². The molecule has 0 radical (unpaired) electrons. The predicted octanol–water partition coefficient (Wildman–Crippen LogP) is 3.66. The average Bonchev–Trinajstić information content (AvgIpc) is 3.31. The van der Waals surface area contributed by atoms with Gasteiger partial charge in [0.1, 0.15) is 34.8 Å². The highest BCUT2D eigenvalue weighted by Crippen LogP contribution is 2.47. The lowest BCUT2D eigenvalue weighted by atomic mass is 10.0. The topological polar surface area (TPSA) is 104 Å². The normalized spacial score (nSPS) is 24.7. The van der Waals surface area contributed by atoms with Crippen molar-refractivity contribution in [2.45, 2.75) is 37.5 Å². The van der Waals surface area contributed by atoms with Crippen molar-refractivity contribution in [1.29, 1.82) is 0 Å². The molecule has 6 rings (SSSR count). The van der Waals surface area contributed by atoms with E-state index >= 15 is 0 Å². The Labute approximate surface area is 216 Å². The summed E-state index contributed by atoms with van der Waals surface area (Å²) >= 11 is 1.61. The predicted molar refractivity (Wildman–Crippen MR) is 140 cm³/mol. The van der Waals surface area contributed by atoms with E-state index in [0.717, 1.165) is 17.2 Å². The minimum absolute atomic E-state index is 0.244. The molecule has 3 atom stereocenters. The standard InChI is InChI=1S/C27H24FN5O3S/c28-17-1-3-18(4-2-17)30-25(34)27(11-12-27)26(35)31-19-5-7-20(8-6-19)36-21-9-13-29-24-22(21)32-23(33-24)16-10-14-37-15-16/h1-5,7-10,13-15,19,21-22H,6,11-12H2,(H,30,34)(H,31,35)(H,29,32,33). The van der Waals surface area contributed by atoms with Crippen molar-refractivity contribution in [3.05, 3.63) is 88.7 Å². The van der Waals surface area contributed by atoms with Crippen LogP contribution in [0.25, 0.3) is 0 Å². The zero-order chi connectivity index (χ0) is 25.4. The van der Waals surface area contributed by atoms with Crippen molar-refractivity contribution in [3.8, 4) is 0 Å². The Balaban J connectivity index is 1.04. The second-order valence-corrected chi connectivity index (χ2v) is 10.1. The largest absolute Gasteiger partial charge is 0.484 e. The quantitative estimate of drug-likeness (QED) is 0.488. The number of carbonyl (C=O) groups excluding carboxylic acids is 2. The Morgan fingerprint density at radius 3 is 2.68 bits per heavy atom. The highest BCUT2D eigenvalue weighted by Gasteiger charge is 2.56. The van der Waals surface area contributed by atoms with Gasteiger partial charge in [0.2, 0.25) is 11.8 Å². The molecule has 188 valence electrons. The smallest absolute Gasteiger partial charge is 0.240 e. The Hall–Kier alpha value is -4.05. The first-order valence-electron chi connectivity index (χ1n) is 12.0. The first kappa shape index (κ1) is 23.4. The molecule has 2 aliphatic carbocycles. The van der Waals surface area contributed by atoms with Crippen molar-refractivity contribution in [2.24, 2.45) is 15.4 Å². The Bertz CT molecular complexity index is 1370. The van der Waals surface area contributed by atoms with Gasteiger partial charge in [0.25, 0.3) is 0 Å². The molecular weight excluding hydrogens is 493 g/mol. The number of allylic oxidation sites excluding steroid dienone is 1. The van der Waals surface area contributed by atoms with E-state index in [4.69, 9.17) is 9.73 Å². The first-order chi connectivity index (χ1) is 18.0. The van der Waals surface area contributed by atoms with Crippen LogP contribution in [0.2, 0.25) is 0 Å². The lowest BCUT2D eigenvalue weighted by Gasteiger charge is -2.25. The molecule has 1 aromatic carbocycles. The summed E-state index contributed by atoms with van der Waals surface area (Å²) in [5, 5.41) is 13.0. The second kappa shape index (κ2) is 9.44. The van der Waals surface area contributed by atoms with Gasteiger partial charge >= 0.3 is 0 Å². The molecule has 4 aliphatic rings. The fraction of sp³-hybridized carbons (Fsp3) is 0.259. The van der Waals surface area contributed by atoms with Crippen molar-refractivity contribution in [2.75, 3.05) is 5.32 Å². The summed E-state index contributed by atoms with van der Waals surface area (Å²) in [5.41, 5.74) is 0.400. The fourth-order valence-corrected chi connectivity index (χ4v) is 5.09. The molecule has 0 spiro atoms. The molecule has 10 heteroatoms. The number of ether oxygens (including phenoxy) is 1. The van der Waals surface area contributed by atoms with E-state index in [2.05, 4.69) is 20.9 Å². The summed E-state index contributed by atoms with van der Waals surface area (Å²) in [5.74, 6) is 1.17. The molecule has 1 aromatic heterocycles. The minimum atomic E-state index is -1.08. The highest BCUT2D eigenvalue weighted by atomic mass is 32.1. The van der Waals surface area contributed by atoms with Crippen LogP contribution in [0.4, 0.5) is 10.1 Å². The number of halogens is 1. The van der Waals surface area contributed by atoms with Gasteiger partial charge in [-0.05, 0) is 73.2 Å². The molecule has 3 heterocycles. The van der Waals surface area contributed by atoms with Crippen molar-refractivity contribution >= 4 is 40.5 Å². The summed E-state index contributed by atoms with van der Waals surface area (Å²) in [6, 6.07) is 7.00. The van der Waals surface area contributed by atoms with E-state index in [9.17, 15) is 14.0 Å². The number of amides is 2. The number of rotatable bonds is 7. The van der Waals surface area contributed by atoms with Crippen LogP contribution in [0, 0.1) is 11.2 Å². The number of nitrogens with one attached hydrogen (secondary N) is 3. The Kier molecular flexibility index (Phi) is 5.96. The van der Waals surface area contributed by atoms with Crippen LogP contribution in [0.15, 0.2) is 87.3 Å². The van der Waals surface area contributed by atoms with Gasteiger partial charge in [-0.25, -0.2) is 9.38 Å². The number of nitrogens with zero attached hydrogens (tertiary/aromatic N) is 2. The summed E-state index contributed by atoms with van der Waals surface area (Å²) in [6.07, 6.45) is 10.4. The van der Waals surface area contributed by atoms with Gasteiger partial charge in [-0.2, -0.15) is 11.3 Å². The number of hydrogen-bond acceptors (Lipinski definition) is 7. The molecule has 37 heavy (non-hydrogen) atoms. The maximum absolute atomic E-state index is 13.1. The molecule has 1 saturated carbocycles. The lowest BCUT2D eigenvalue weighted by molar-refractivity contribution is -0.134. The number of hydrogen-bond donors (Lipinski definition) is 3. The van der Waals surface area contributed by atoms with E-state index in [1.807, 2.05) is 41.1 Å². The molecule has 2 aromatic rings. The SMILES string of the molecule is O=C(Nc1ccc(F)cc1)C1(C(=O)NC2C=CC(OC3C=CN=C4NC(c5ccsc5)=NC43)=CC2)CC1. The first-order valence-corrected chi connectivity index (χ1v) is 13.0. The van der Waals surface area contributed by atoms with E-state index in [0.29, 0.717) is 30.7 Å². The maximum atomic E-state index is 13.1. The number of fused-ring (bicyclic) bond motifs is 1. The summed E-state index contributed by atoms with van der Waals surface area (Å²) in [6.45, 7) is 0. The van der Waals surface area contributed by atoms with Crippen molar-refractivity contribution in [3.63, 3.8) is 0 Å². The Morgan fingerprint density at radius 2 is 1.97 bits per heavy atom. The molecule has 2 aliphatic heterocycles. The van der Waals surface area contributed by atoms with E-state index in [1.165, 1.54) is 24.3 Å². The molecule has 0 saturated heterocycles. The van der Waals surface area contributed by atoms with E-state index < -0.39 is 5.41 Å². The molecule has 2 amide bonds. The van der Waals surface area contributed by atoms with Crippen LogP contribution in [0.1, 0.15) is 24.8 Å². The highest BCUT2D eigenvalue weighted by molar-refractivity contribution is 7.08. The van der Waals surface area contributed by atoms with Crippen LogP contribution < -0.4 is 16.0 Å². The van der Waals surface area contributed by atoms with Gasteiger partial charge in [0, 0.05) is 22.8 Å². The monoisotopic (exact) mass is 517 g/mol. The molecule has 3 N–H and O–H groups in total. The molecule has 0 bridgehead atoms. The van der Waals surface area contributed by atoms with Crippen LogP contribution in [-0.4, -0.2) is 41.7 Å². The van der Waals surface area contributed by atoms with Gasteiger partial charge in [-0.1, -0.05) is 6.08 Å². The Morgan fingerprint density at radius 1 is 1.14 bits per heavy atom. The van der Waals surface area contributed by atoms with E-state index in [1.54, 1.807) is 17.5 Å². The molecule has 1 fully saturated rings. The second-order valence-electron chi connectivity index (χ2n) is 9.32. The summed E-state index contributed by atoms with van der Waals surface area (Å²) in [4.78, 5) is 34.9. The third-order valence-corrected chi connectivity index (χ3v) is 7.45. The number of aliphatic imine (C=N–C) groups is 2. The zero-order valence-electron chi connectivity index (χ0n) is 19.7. The number of anilines is 1. The van der Waals surface area contributed by atoms with Gasteiger partial charge in [-0.15, -0.1) is 0 Å². The van der Waals surface area contributed by atoms with E-state index in [-0.39, 0.29) is 35.8 Å². The number of benzene rings is 1. The van der Waals surface area contributed by atoms with Crippen LogP contribution in [-0.2, 0) is 14.3 Å². The fourth-order valence-electron chi connectivity index (χ4n) is 4.45. The summed E-state index contributed by atoms with van der Waals surface area (Å²) in [7, 11) is 0. The number of amidine groups is 2. The van der Waals surface area contributed by atoms with Gasteiger partial charge in [0.15, 0.2) is 6.04 Å². The maximum Gasteiger partial charge on any atom is 0.240 e. The van der Waals surface area contributed by atoms with Crippen LogP contribution in [0.5, 0.6) is 0 Å². The summed E-state index contributed by atoms with van der Waals surface area (Å²) < 4.78 is 19.3. The number of thiophene rings is 1. The van der Waals surface area contributed by atoms with Gasteiger partial charge in [0.05, 0.1) is 6.04 Å². The van der Waals surface area contributed by atoms with Crippen LogP contribution >= 0.6 is 11.3 Å². The van der Waals surface area contributed by atoms with Gasteiger partial charge < -0.3 is 20.7 Å². The minimum Gasteiger partial charge on any atom is -0.484 e.